The van der Waals surface area contributed by atoms with Crippen molar-refractivity contribution in [3.63, 3.8) is 0 Å². The van der Waals surface area contributed by atoms with E-state index < -0.39 is 6.17 Å². The maximum Gasteiger partial charge on any atom is 0.115 e. The second-order valence-electron chi connectivity index (χ2n) is 4.47. The number of benzene rings is 1. The third-order valence-corrected chi connectivity index (χ3v) is 3.23. The topological polar surface area (TPSA) is 32.3 Å². The Labute approximate surface area is 95.5 Å². The molecule has 1 heterocycles. The van der Waals surface area contributed by atoms with Gasteiger partial charge in [-0.2, -0.15) is 0 Å². The zero-order chi connectivity index (χ0) is 11.4. The number of aromatic hydroxyl groups is 1. The van der Waals surface area contributed by atoms with Crippen LogP contribution >= 0.6 is 0 Å². The number of rotatable bonds is 2. The van der Waals surface area contributed by atoms with Gasteiger partial charge < -0.3 is 10.4 Å². The summed E-state index contributed by atoms with van der Waals surface area (Å²) in [6.07, 6.45) is 1.57. The first-order valence-electron chi connectivity index (χ1n) is 5.88. The largest absolute Gasteiger partial charge is 0.508 e. The maximum atomic E-state index is 13.8. The summed E-state index contributed by atoms with van der Waals surface area (Å²) in [5, 5.41) is 12.4. The molecule has 0 saturated carbocycles. The molecule has 1 aromatic carbocycles. The number of hydrogen-bond donors (Lipinski definition) is 2. The third kappa shape index (κ3) is 2.95. The van der Waals surface area contributed by atoms with Crippen molar-refractivity contribution >= 4 is 0 Å². The van der Waals surface area contributed by atoms with Gasteiger partial charge >= 0.3 is 0 Å². The first-order valence-corrected chi connectivity index (χ1v) is 5.88. The summed E-state index contributed by atoms with van der Waals surface area (Å²) < 4.78 is 13.8. The molecule has 0 radical (unpaired) electrons. The predicted molar refractivity (Wildman–Crippen MR) is 62.3 cm³/mol. The van der Waals surface area contributed by atoms with Crippen molar-refractivity contribution in [2.24, 2.45) is 5.92 Å². The third-order valence-electron chi connectivity index (χ3n) is 3.23. The van der Waals surface area contributed by atoms with Gasteiger partial charge in [-0.05, 0) is 56.0 Å². The standard InChI is InChI=1S/C13H18FNO/c14-13-6-8-15-7-5-11(13)9-10-1-3-12(16)4-2-10/h1-4,11,13,15-16H,5-9H2. The van der Waals surface area contributed by atoms with Crippen LogP contribution in [-0.4, -0.2) is 24.4 Å². The molecule has 2 N–H and O–H groups in total. The van der Waals surface area contributed by atoms with Gasteiger partial charge in [-0.25, -0.2) is 4.39 Å². The minimum Gasteiger partial charge on any atom is -0.508 e. The molecule has 1 aromatic rings. The lowest BCUT2D eigenvalue weighted by atomic mass is 9.91. The second kappa shape index (κ2) is 5.30. The first kappa shape index (κ1) is 11.4. The summed E-state index contributed by atoms with van der Waals surface area (Å²) >= 11 is 0. The van der Waals surface area contributed by atoms with Crippen LogP contribution in [0, 0.1) is 5.92 Å². The molecule has 0 amide bonds. The van der Waals surface area contributed by atoms with Crippen molar-refractivity contribution in [2.45, 2.75) is 25.4 Å². The number of nitrogens with one attached hydrogen (secondary N) is 1. The highest BCUT2D eigenvalue weighted by molar-refractivity contribution is 5.26. The van der Waals surface area contributed by atoms with Crippen LogP contribution in [0.5, 0.6) is 5.75 Å². The monoisotopic (exact) mass is 223 g/mol. The Hall–Kier alpha value is -1.09. The fourth-order valence-corrected chi connectivity index (χ4v) is 2.23. The van der Waals surface area contributed by atoms with Crippen molar-refractivity contribution in [1.29, 1.82) is 0 Å². The molecule has 1 aliphatic rings. The van der Waals surface area contributed by atoms with Gasteiger partial charge in [0.2, 0.25) is 0 Å². The van der Waals surface area contributed by atoms with Crippen LogP contribution in [0.4, 0.5) is 4.39 Å². The Kier molecular flexibility index (Phi) is 3.78. The lowest BCUT2D eigenvalue weighted by Gasteiger charge is -2.17. The molecular weight excluding hydrogens is 205 g/mol. The van der Waals surface area contributed by atoms with Gasteiger partial charge in [0, 0.05) is 0 Å². The van der Waals surface area contributed by atoms with Crippen molar-refractivity contribution in [2.75, 3.05) is 13.1 Å². The first-order chi connectivity index (χ1) is 7.75. The van der Waals surface area contributed by atoms with E-state index in [1.54, 1.807) is 12.1 Å². The Morgan fingerprint density at radius 3 is 2.62 bits per heavy atom. The van der Waals surface area contributed by atoms with Crippen LogP contribution in [0.25, 0.3) is 0 Å². The zero-order valence-electron chi connectivity index (χ0n) is 9.32. The molecule has 0 aromatic heterocycles. The van der Waals surface area contributed by atoms with E-state index in [-0.39, 0.29) is 11.7 Å². The van der Waals surface area contributed by atoms with E-state index >= 15 is 0 Å². The van der Waals surface area contributed by atoms with E-state index in [2.05, 4.69) is 5.32 Å². The normalized spacial score (nSPS) is 26.3. The van der Waals surface area contributed by atoms with Crippen LogP contribution in [-0.2, 0) is 6.42 Å². The SMILES string of the molecule is Oc1ccc(CC2CCNCCC2F)cc1. The number of phenols is 1. The van der Waals surface area contributed by atoms with Gasteiger partial charge in [0.1, 0.15) is 11.9 Å². The van der Waals surface area contributed by atoms with Gasteiger partial charge in [-0.1, -0.05) is 12.1 Å². The average Bonchev–Trinajstić information content (AvgIpc) is 2.48. The number of alkyl halides is 1. The van der Waals surface area contributed by atoms with Crippen LogP contribution in [0.1, 0.15) is 18.4 Å². The number of halogens is 1. The van der Waals surface area contributed by atoms with Crippen LogP contribution in [0.2, 0.25) is 0 Å². The molecule has 16 heavy (non-hydrogen) atoms. The Morgan fingerprint density at radius 2 is 1.88 bits per heavy atom. The summed E-state index contributed by atoms with van der Waals surface area (Å²) in [5.41, 5.74) is 1.10. The summed E-state index contributed by atoms with van der Waals surface area (Å²) in [4.78, 5) is 0. The quantitative estimate of drug-likeness (QED) is 0.806. The van der Waals surface area contributed by atoms with Crippen LogP contribution < -0.4 is 5.32 Å². The molecule has 2 nitrogen and oxygen atoms in total. The molecule has 1 saturated heterocycles. The lowest BCUT2D eigenvalue weighted by molar-refractivity contribution is 0.219. The van der Waals surface area contributed by atoms with E-state index in [4.69, 9.17) is 0 Å². The molecule has 0 bridgehead atoms. The maximum absolute atomic E-state index is 13.8. The summed E-state index contributed by atoms with van der Waals surface area (Å²) in [6, 6.07) is 7.08. The molecule has 0 aliphatic carbocycles. The van der Waals surface area contributed by atoms with E-state index in [1.807, 2.05) is 12.1 Å². The van der Waals surface area contributed by atoms with Gasteiger partial charge in [-0.15, -0.1) is 0 Å². The molecular formula is C13H18FNO. The van der Waals surface area contributed by atoms with E-state index in [9.17, 15) is 9.50 Å². The molecule has 88 valence electrons. The van der Waals surface area contributed by atoms with Crippen molar-refractivity contribution in [3.8, 4) is 5.75 Å². The van der Waals surface area contributed by atoms with Crippen LogP contribution in [0.3, 0.4) is 0 Å². The minimum atomic E-state index is -0.705. The van der Waals surface area contributed by atoms with E-state index in [0.29, 0.717) is 6.42 Å². The molecule has 0 spiro atoms. The molecule has 2 rings (SSSR count). The Morgan fingerprint density at radius 1 is 1.19 bits per heavy atom. The number of phenolic OH excluding ortho intramolecular Hbond substituents is 1. The van der Waals surface area contributed by atoms with Gasteiger partial charge in [0.05, 0.1) is 0 Å². The average molecular weight is 223 g/mol. The molecule has 3 heteroatoms. The summed E-state index contributed by atoms with van der Waals surface area (Å²) in [6.45, 7) is 1.69. The highest BCUT2D eigenvalue weighted by Gasteiger charge is 2.23. The van der Waals surface area contributed by atoms with Crippen LogP contribution in [0.15, 0.2) is 24.3 Å². The summed E-state index contributed by atoms with van der Waals surface area (Å²) in [5.74, 6) is 0.377. The van der Waals surface area contributed by atoms with Gasteiger partial charge in [0.15, 0.2) is 0 Å². The smallest absolute Gasteiger partial charge is 0.115 e. The molecule has 2 unspecified atom stereocenters. The lowest BCUT2D eigenvalue weighted by Crippen LogP contribution is -2.18. The highest BCUT2D eigenvalue weighted by Crippen LogP contribution is 2.23. The Bertz CT molecular complexity index is 325. The molecule has 1 aliphatic heterocycles. The number of hydrogen-bond acceptors (Lipinski definition) is 2. The predicted octanol–water partition coefficient (Wildman–Crippen LogP) is 2.27. The fourth-order valence-electron chi connectivity index (χ4n) is 2.23. The summed E-state index contributed by atoms with van der Waals surface area (Å²) in [7, 11) is 0. The Balaban J connectivity index is 1.99. The zero-order valence-corrected chi connectivity index (χ0v) is 9.32. The van der Waals surface area contributed by atoms with E-state index in [1.165, 1.54) is 0 Å². The van der Waals surface area contributed by atoms with Gasteiger partial charge in [0.25, 0.3) is 0 Å². The van der Waals surface area contributed by atoms with Crippen molar-refractivity contribution < 1.29 is 9.50 Å². The molecule has 1 fully saturated rings. The van der Waals surface area contributed by atoms with Gasteiger partial charge in [-0.3, -0.25) is 0 Å². The minimum absolute atomic E-state index is 0.111. The highest BCUT2D eigenvalue weighted by atomic mass is 19.1. The van der Waals surface area contributed by atoms with Crippen molar-refractivity contribution in [3.05, 3.63) is 29.8 Å². The fraction of sp³-hybridized carbons (Fsp3) is 0.538. The molecule has 2 atom stereocenters. The second-order valence-corrected chi connectivity index (χ2v) is 4.47. The van der Waals surface area contributed by atoms with Crippen molar-refractivity contribution in [1.82, 2.24) is 5.32 Å². The van der Waals surface area contributed by atoms with E-state index in [0.717, 1.165) is 31.5 Å².